The second-order valence-electron chi connectivity index (χ2n) is 5.91. The van der Waals surface area contributed by atoms with Gasteiger partial charge in [0, 0.05) is 12.1 Å². The van der Waals surface area contributed by atoms with Crippen LogP contribution in [-0.2, 0) is 26.5 Å². The van der Waals surface area contributed by atoms with Crippen LogP contribution in [0.4, 0.5) is 20.2 Å². The van der Waals surface area contributed by atoms with Crippen LogP contribution in [0.5, 0.6) is 0 Å². The summed E-state index contributed by atoms with van der Waals surface area (Å²) in [5.41, 5.74) is 1.00. The number of sulfonamides is 2. The molecule has 26 heavy (non-hydrogen) atoms. The highest BCUT2D eigenvalue weighted by atomic mass is 32.2. The molecule has 2 aromatic carbocycles. The van der Waals surface area contributed by atoms with Gasteiger partial charge in [-0.3, -0.25) is 9.03 Å². The molecule has 1 N–H and O–H groups in total. The summed E-state index contributed by atoms with van der Waals surface area (Å²) in [5, 5.41) is 0. The van der Waals surface area contributed by atoms with Crippen LogP contribution in [0.15, 0.2) is 41.3 Å². The number of fused-ring (bicyclic) bond motifs is 1. The number of nitrogens with one attached hydrogen (secondary N) is 1. The van der Waals surface area contributed by atoms with Crippen LogP contribution < -0.4 is 9.03 Å². The molecule has 0 bridgehead atoms. The van der Waals surface area contributed by atoms with Gasteiger partial charge in [-0.25, -0.2) is 25.6 Å². The summed E-state index contributed by atoms with van der Waals surface area (Å²) in [6.45, 7) is 0.0770. The van der Waals surface area contributed by atoms with E-state index in [0.717, 1.165) is 28.8 Å². The lowest BCUT2D eigenvalue weighted by atomic mass is 10.0. The minimum atomic E-state index is -4.35. The van der Waals surface area contributed by atoms with Gasteiger partial charge < -0.3 is 0 Å². The van der Waals surface area contributed by atoms with Gasteiger partial charge >= 0.3 is 0 Å². The Bertz CT molecular complexity index is 1070. The van der Waals surface area contributed by atoms with E-state index >= 15 is 0 Å². The quantitative estimate of drug-likeness (QED) is 0.852. The van der Waals surface area contributed by atoms with Crippen molar-refractivity contribution >= 4 is 31.4 Å². The molecule has 0 aliphatic carbocycles. The van der Waals surface area contributed by atoms with E-state index in [4.69, 9.17) is 0 Å². The molecule has 0 fully saturated rings. The zero-order valence-corrected chi connectivity index (χ0v) is 15.4. The SMILES string of the molecule is CS(=O)(=O)Nc1cccc2c1CCCN2S(=O)(=O)c1cccc(F)c1F. The Morgan fingerprint density at radius 2 is 1.73 bits per heavy atom. The number of benzene rings is 2. The van der Waals surface area contributed by atoms with E-state index < -0.39 is 36.6 Å². The largest absolute Gasteiger partial charge is 0.283 e. The van der Waals surface area contributed by atoms with E-state index in [2.05, 4.69) is 4.72 Å². The van der Waals surface area contributed by atoms with Gasteiger partial charge in [0.15, 0.2) is 11.6 Å². The Morgan fingerprint density at radius 1 is 1.04 bits per heavy atom. The maximum Gasteiger partial charge on any atom is 0.267 e. The van der Waals surface area contributed by atoms with Crippen LogP contribution in [0, 0.1) is 11.6 Å². The number of hydrogen-bond acceptors (Lipinski definition) is 4. The van der Waals surface area contributed by atoms with Gasteiger partial charge in [0.1, 0.15) is 4.90 Å². The zero-order valence-electron chi connectivity index (χ0n) is 13.7. The molecule has 2 aromatic rings. The van der Waals surface area contributed by atoms with E-state index in [1.165, 1.54) is 18.2 Å². The molecule has 0 unspecified atom stereocenters. The Kier molecular flexibility index (Phi) is 4.65. The van der Waals surface area contributed by atoms with Crippen molar-refractivity contribution in [2.45, 2.75) is 17.7 Å². The first-order chi connectivity index (χ1) is 12.1. The molecule has 0 saturated heterocycles. The normalized spacial score (nSPS) is 14.8. The fraction of sp³-hybridized carbons (Fsp3) is 0.250. The van der Waals surface area contributed by atoms with Crippen LogP contribution in [0.25, 0.3) is 0 Å². The highest BCUT2D eigenvalue weighted by molar-refractivity contribution is 7.93. The lowest BCUT2D eigenvalue weighted by molar-refractivity contribution is 0.484. The van der Waals surface area contributed by atoms with E-state index in [9.17, 15) is 25.6 Å². The third-order valence-corrected chi connectivity index (χ3v) is 6.41. The first-order valence-corrected chi connectivity index (χ1v) is 11.0. The Labute approximate surface area is 150 Å². The van der Waals surface area contributed by atoms with Crippen molar-refractivity contribution in [3.05, 3.63) is 53.6 Å². The molecular formula is C16H16F2N2O4S2. The third kappa shape index (κ3) is 3.38. The van der Waals surface area contributed by atoms with Crippen LogP contribution >= 0.6 is 0 Å². The minimum absolute atomic E-state index is 0.0770. The monoisotopic (exact) mass is 402 g/mol. The van der Waals surface area contributed by atoms with E-state index in [0.29, 0.717) is 18.4 Å². The fourth-order valence-corrected chi connectivity index (χ4v) is 5.14. The van der Waals surface area contributed by atoms with Crippen molar-refractivity contribution in [1.82, 2.24) is 0 Å². The molecule has 140 valence electrons. The van der Waals surface area contributed by atoms with Crippen molar-refractivity contribution in [2.75, 3.05) is 21.8 Å². The van der Waals surface area contributed by atoms with Gasteiger partial charge in [0.05, 0.1) is 17.6 Å². The number of halogens is 2. The van der Waals surface area contributed by atoms with E-state index in [-0.39, 0.29) is 17.9 Å². The van der Waals surface area contributed by atoms with Crippen molar-refractivity contribution in [1.29, 1.82) is 0 Å². The second kappa shape index (κ2) is 6.51. The van der Waals surface area contributed by atoms with Crippen LogP contribution in [0.2, 0.25) is 0 Å². The van der Waals surface area contributed by atoms with Crippen molar-refractivity contribution in [3.63, 3.8) is 0 Å². The van der Waals surface area contributed by atoms with Gasteiger partial charge in [-0.05, 0) is 37.1 Å². The lowest BCUT2D eigenvalue weighted by Gasteiger charge is -2.31. The van der Waals surface area contributed by atoms with E-state index in [1.807, 2.05) is 0 Å². The van der Waals surface area contributed by atoms with Crippen LogP contribution in [0.3, 0.4) is 0 Å². The van der Waals surface area contributed by atoms with Crippen LogP contribution in [-0.4, -0.2) is 29.6 Å². The summed E-state index contributed by atoms with van der Waals surface area (Å²) in [7, 11) is -7.90. The predicted molar refractivity (Wildman–Crippen MR) is 94.1 cm³/mol. The lowest BCUT2D eigenvalue weighted by Crippen LogP contribution is -2.36. The average molecular weight is 402 g/mol. The van der Waals surface area contributed by atoms with Gasteiger partial charge in [-0.1, -0.05) is 12.1 Å². The molecular weight excluding hydrogens is 386 g/mol. The summed E-state index contributed by atoms with van der Waals surface area (Å²) in [4.78, 5) is -0.758. The number of rotatable bonds is 4. The highest BCUT2D eigenvalue weighted by Crippen LogP contribution is 2.37. The molecule has 10 heteroatoms. The van der Waals surface area contributed by atoms with Crippen molar-refractivity contribution in [3.8, 4) is 0 Å². The molecule has 0 radical (unpaired) electrons. The fourth-order valence-electron chi connectivity index (χ4n) is 2.94. The van der Waals surface area contributed by atoms with Crippen molar-refractivity contribution in [2.24, 2.45) is 0 Å². The molecule has 3 rings (SSSR count). The highest BCUT2D eigenvalue weighted by Gasteiger charge is 2.33. The maximum absolute atomic E-state index is 14.1. The maximum atomic E-state index is 14.1. The van der Waals surface area contributed by atoms with E-state index in [1.54, 1.807) is 0 Å². The van der Waals surface area contributed by atoms with Gasteiger partial charge in [0.2, 0.25) is 10.0 Å². The van der Waals surface area contributed by atoms with Crippen LogP contribution in [0.1, 0.15) is 12.0 Å². The smallest absolute Gasteiger partial charge is 0.267 e. The molecule has 0 atom stereocenters. The molecule has 0 amide bonds. The molecule has 0 aromatic heterocycles. The molecule has 1 aliphatic heterocycles. The first kappa shape index (κ1) is 18.6. The first-order valence-electron chi connectivity index (χ1n) is 7.68. The Balaban J connectivity index is 2.13. The van der Waals surface area contributed by atoms with Gasteiger partial charge in [0.25, 0.3) is 10.0 Å². The topological polar surface area (TPSA) is 83.6 Å². The minimum Gasteiger partial charge on any atom is -0.283 e. The second-order valence-corrected chi connectivity index (χ2v) is 9.49. The molecule has 0 saturated carbocycles. The molecule has 1 heterocycles. The summed E-state index contributed by atoms with van der Waals surface area (Å²) in [5.74, 6) is -2.69. The zero-order chi connectivity index (χ0) is 19.1. The van der Waals surface area contributed by atoms with Gasteiger partial charge in [-0.15, -0.1) is 0 Å². The summed E-state index contributed by atoms with van der Waals surface area (Å²) in [6, 6.07) is 7.50. The average Bonchev–Trinajstić information content (AvgIpc) is 2.55. The number of hydrogen-bond donors (Lipinski definition) is 1. The van der Waals surface area contributed by atoms with Gasteiger partial charge in [-0.2, -0.15) is 0 Å². The van der Waals surface area contributed by atoms with Crippen molar-refractivity contribution < 1.29 is 25.6 Å². The summed E-state index contributed by atoms with van der Waals surface area (Å²) in [6.07, 6.45) is 1.85. The third-order valence-electron chi connectivity index (χ3n) is 3.99. The number of nitrogens with zero attached hydrogens (tertiary/aromatic N) is 1. The summed E-state index contributed by atoms with van der Waals surface area (Å²) < 4.78 is 79.8. The number of anilines is 2. The molecule has 1 aliphatic rings. The standard InChI is InChI=1S/C16H16F2N2O4S2/c1-25(21,22)19-13-7-3-8-14-11(13)5-4-10-20(14)26(23,24)15-9-2-6-12(17)16(15)18/h2-3,6-9,19H,4-5,10H2,1H3. The molecule has 6 nitrogen and oxygen atoms in total. The predicted octanol–water partition coefficient (Wildman–Crippen LogP) is 2.48. The molecule has 0 spiro atoms. The Morgan fingerprint density at radius 3 is 2.42 bits per heavy atom. The Hall–Kier alpha value is -2.20. The summed E-state index contributed by atoms with van der Waals surface area (Å²) >= 11 is 0.